The van der Waals surface area contributed by atoms with Crippen LogP contribution in [0.3, 0.4) is 0 Å². The lowest BCUT2D eigenvalue weighted by Gasteiger charge is -2.16. The van der Waals surface area contributed by atoms with Gasteiger partial charge in [0.05, 0.1) is 5.69 Å². The van der Waals surface area contributed by atoms with Gasteiger partial charge in [-0.1, -0.05) is 12.1 Å². The van der Waals surface area contributed by atoms with E-state index >= 15 is 0 Å². The van der Waals surface area contributed by atoms with Crippen LogP contribution >= 0.6 is 0 Å². The normalized spacial score (nSPS) is 11.4. The quantitative estimate of drug-likeness (QED) is 0.739. The Bertz CT molecular complexity index is 953. The SMILES string of the molecule is Cc1ccc2nc(CN(C)Cc3ccc(F)c(F)c3)cc(=O)n2c1. The number of pyridine rings is 1. The molecule has 1 aromatic carbocycles. The van der Waals surface area contributed by atoms with Gasteiger partial charge in [-0.15, -0.1) is 0 Å². The van der Waals surface area contributed by atoms with E-state index in [-0.39, 0.29) is 5.56 Å². The van der Waals surface area contributed by atoms with Crippen LogP contribution in [0.15, 0.2) is 47.4 Å². The Kier molecular flexibility index (Phi) is 4.40. The van der Waals surface area contributed by atoms with Crippen LogP contribution in [-0.4, -0.2) is 21.3 Å². The number of rotatable bonds is 4. The van der Waals surface area contributed by atoms with E-state index in [0.29, 0.717) is 30.0 Å². The van der Waals surface area contributed by atoms with E-state index in [1.165, 1.54) is 16.5 Å². The number of fused-ring (bicyclic) bond motifs is 1. The summed E-state index contributed by atoms with van der Waals surface area (Å²) in [5, 5.41) is 0. The molecule has 0 aliphatic heterocycles. The molecule has 0 saturated heterocycles. The van der Waals surface area contributed by atoms with Gasteiger partial charge in [0.1, 0.15) is 5.65 Å². The molecule has 0 spiro atoms. The summed E-state index contributed by atoms with van der Waals surface area (Å²) in [5.74, 6) is -1.72. The maximum absolute atomic E-state index is 13.3. The van der Waals surface area contributed by atoms with Gasteiger partial charge >= 0.3 is 0 Å². The molecule has 0 aliphatic rings. The third-order valence-electron chi connectivity index (χ3n) is 3.73. The van der Waals surface area contributed by atoms with E-state index in [9.17, 15) is 13.6 Å². The second-order valence-electron chi connectivity index (χ2n) is 5.94. The first-order valence-electron chi connectivity index (χ1n) is 7.54. The molecule has 2 aromatic heterocycles. The van der Waals surface area contributed by atoms with Crippen LogP contribution in [0.2, 0.25) is 0 Å². The summed E-state index contributed by atoms with van der Waals surface area (Å²) in [5.41, 5.74) is 2.72. The Hall–Kier alpha value is -2.60. The topological polar surface area (TPSA) is 37.6 Å². The Balaban J connectivity index is 1.80. The van der Waals surface area contributed by atoms with Crippen molar-refractivity contribution in [3.05, 3.63) is 81.4 Å². The second kappa shape index (κ2) is 6.49. The fourth-order valence-electron chi connectivity index (χ4n) is 2.62. The zero-order valence-corrected chi connectivity index (χ0v) is 13.5. The van der Waals surface area contributed by atoms with Crippen molar-refractivity contribution in [1.82, 2.24) is 14.3 Å². The van der Waals surface area contributed by atoms with Crippen molar-refractivity contribution in [2.24, 2.45) is 0 Å². The number of hydrogen-bond acceptors (Lipinski definition) is 3. The molecule has 3 aromatic rings. The van der Waals surface area contributed by atoms with Crippen LogP contribution in [0.5, 0.6) is 0 Å². The van der Waals surface area contributed by atoms with Crippen LogP contribution < -0.4 is 5.56 Å². The van der Waals surface area contributed by atoms with Crippen molar-refractivity contribution in [3.63, 3.8) is 0 Å². The van der Waals surface area contributed by atoms with Crippen molar-refractivity contribution in [2.45, 2.75) is 20.0 Å². The minimum Gasteiger partial charge on any atom is -0.296 e. The minimum atomic E-state index is -0.863. The summed E-state index contributed by atoms with van der Waals surface area (Å²) in [4.78, 5) is 18.6. The van der Waals surface area contributed by atoms with Crippen LogP contribution in [0.1, 0.15) is 16.8 Å². The Morgan fingerprint density at radius 2 is 1.88 bits per heavy atom. The van der Waals surface area contributed by atoms with E-state index in [0.717, 1.165) is 11.6 Å². The third kappa shape index (κ3) is 3.49. The maximum Gasteiger partial charge on any atom is 0.258 e. The number of halogens is 2. The third-order valence-corrected chi connectivity index (χ3v) is 3.73. The summed E-state index contributed by atoms with van der Waals surface area (Å²) in [6, 6.07) is 9.03. The first-order valence-corrected chi connectivity index (χ1v) is 7.54. The predicted molar refractivity (Wildman–Crippen MR) is 87.7 cm³/mol. The van der Waals surface area contributed by atoms with Crippen LogP contribution in [0.4, 0.5) is 8.78 Å². The number of nitrogens with zero attached hydrogens (tertiary/aromatic N) is 3. The lowest BCUT2D eigenvalue weighted by Crippen LogP contribution is -2.22. The molecule has 3 rings (SSSR count). The largest absolute Gasteiger partial charge is 0.296 e. The first-order chi connectivity index (χ1) is 11.4. The van der Waals surface area contributed by atoms with Crippen molar-refractivity contribution in [3.8, 4) is 0 Å². The Morgan fingerprint density at radius 3 is 2.62 bits per heavy atom. The molecule has 0 unspecified atom stereocenters. The molecule has 2 heterocycles. The zero-order valence-electron chi connectivity index (χ0n) is 13.5. The van der Waals surface area contributed by atoms with Crippen LogP contribution in [0, 0.1) is 18.6 Å². The number of aromatic nitrogens is 2. The van der Waals surface area contributed by atoms with Gasteiger partial charge in [0.2, 0.25) is 0 Å². The first kappa shape index (κ1) is 16.3. The minimum absolute atomic E-state index is 0.139. The molecule has 4 nitrogen and oxygen atoms in total. The van der Waals surface area contributed by atoms with Gasteiger partial charge in [0.15, 0.2) is 11.6 Å². The molecule has 6 heteroatoms. The molecule has 0 radical (unpaired) electrons. The predicted octanol–water partition coefficient (Wildman–Crippen LogP) is 2.91. The van der Waals surface area contributed by atoms with Gasteiger partial charge in [-0.25, -0.2) is 13.8 Å². The van der Waals surface area contributed by atoms with Gasteiger partial charge in [-0.2, -0.15) is 0 Å². The fraction of sp³-hybridized carbons (Fsp3) is 0.222. The molecule has 0 aliphatic carbocycles. The highest BCUT2D eigenvalue weighted by molar-refractivity contribution is 5.39. The summed E-state index contributed by atoms with van der Waals surface area (Å²) in [7, 11) is 1.83. The average Bonchev–Trinajstić information content (AvgIpc) is 2.52. The second-order valence-corrected chi connectivity index (χ2v) is 5.94. The van der Waals surface area contributed by atoms with E-state index in [2.05, 4.69) is 4.98 Å². The molecule has 0 saturated carbocycles. The van der Waals surface area contributed by atoms with E-state index < -0.39 is 11.6 Å². The standard InChI is InChI=1S/C18H17F2N3O/c1-12-3-6-17-21-14(8-18(24)23(17)9-12)11-22(2)10-13-4-5-15(19)16(20)7-13/h3-9H,10-11H2,1-2H3. The van der Waals surface area contributed by atoms with Gasteiger partial charge in [0, 0.05) is 25.4 Å². The van der Waals surface area contributed by atoms with Crippen LogP contribution in [0.25, 0.3) is 5.65 Å². The summed E-state index contributed by atoms with van der Waals surface area (Å²) in [6.45, 7) is 2.76. The fourth-order valence-corrected chi connectivity index (χ4v) is 2.62. The van der Waals surface area contributed by atoms with E-state index in [4.69, 9.17) is 0 Å². The summed E-state index contributed by atoms with van der Waals surface area (Å²) < 4.78 is 27.7. The van der Waals surface area contributed by atoms with Gasteiger partial charge in [0.25, 0.3) is 5.56 Å². The molecule has 124 valence electrons. The smallest absolute Gasteiger partial charge is 0.258 e. The summed E-state index contributed by atoms with van der Waals surface area (Å²) in [6.07, 6.45) is 1.75. The number of benzene rings is 1. The Morgan fingerprint density at radius 1 is 1.08 bits per heavy atom. The van der Waals surface area contributed by atoms with Crippen molar-refractivity contribution in [2.75, 3.05) is 7.05 Å². The molecular formula is C18H17F2N3O. The molecule has 0 amide bonds. The average molecular weight is 329 g/mol. The van der Waals surface area contributed by atoms with E-state index in [1.807, 2.05) is 24.9 Å². The summed E-state index contributed by atoms with van der Waals surface area (Å²) >= 11 is 0. The van der Waals surface area contributed by atoms with Gasteiger partial charge < -0.3 is 0 Å². The lowest BCUT2D eigenvalue weighted by atomic mass is 10.2. The zero-order chi connectivity index (χ0) is 17.3. The molecule has 0 atom stereocenters. The Labute approximate surface area is 138 Å². The monoisotopic (exact) mass is 329 g/mol. The molecular weight excluding hydrogens is 312 g/mol. The molecule has 0 bridgehead atoms. The molecule has 0 N–H and O–H groups in total. The van der Waals surface area contributed by atoms with Crippen molar-refractivity contribution >= 4 is 5.65 Å². The molecule has 0 fully saturated rings. The number of hydrogen-bond donors (Lipinski definition) is 0. The highest BCUT2D eigenvalue weighted by atomic mass is 19.2. The van der Waals surface area contributed by atoms with Gasteiger partial charge in [-0.3, -0.25) is 14.1 Å². The lowest BCUT2D eigenvalue weighted by molar-refractivity contribution is 0.314. The van der Waals surface area contributed by atoms with Gasteiger partial charge in [-0.05, 0) is 43.3 Å². The van der Waals surface area contributed by atoms with Crippen LogP contribution in [-0.2, 0) is 13.1 Å². The highest BCUT2D eigenvalue weighted by Crippen LogP contribution is 2.12. The van der Waals surface area contributed by atoms with Crippen molar-refractivity contribution < 1.29 is 8.78 Å². The molecule has 24 heavy (non-hydrogen) atoms. The van der Waals surface area contributed by atoms with E-state index in [1.54, 1.807) is 18.3 Å². The highest BCUT2D eigenvalue weighted by Gasteiger charge is 2.08. The number of aryl methyl sites for hydroxylation is 1. The maximum atomic E-state index is 13.3. The van der Waals surface area contributed by atoms with Crippen molar-refractivity contribution in [1.29, 1.82) is 0 Å².